The second-order valence-electron chi connectivity index (χ2n) is 5.16. The first-order chi connectivity index (χ1) is 10.5. The Kier molecular flexibility index (Phi) is 3.13. The van der Waals surface area contributed by atoms with Crippen molar-refractivity contribution in [2.45, 2.75) is 6.92 Å². The second-order valence-corrected chi connectivity index (χ2v) is 5.16. The number of hydrogen-bond acceptors (Lipinski definition) is 5. The van der Waals surface area contributed by atoms with E-state index < -0.39 is 0 Å². The van der Waals surface area contributed by atoms with E-state index in [0.717, 1.165) is 5.56 Å². The Bertz CT molecular complexity index is 824. The van der Waals surface area contributed by atoms with Gasteiger partial charge in [0.05, 0.1) is 19.8 Å². The predicted molar refractivity (Wildman–Crippen MR) is 82.0 cm³/mol. The van der Waals surface area contributed by atoms with Crippen LogP contribution in [0, 0.1) is 6.92 Å². The van der Waals surface area contributed by atoms with Gasteiger partial charge in [-0.15, -0.1) is 0 Å². The first kappa shape index (κ1) is 14.1. The molecular formula is C17H15NO4. The minimum Gasteiger partial charge on any atom is -0.494 e. The summed E-state index contributed by atoms with van der Waals surface area (Å²) >= 11 is 0. The average Bonchev–Trinajstić information content (AvgIpc) is 2.52. The average molecular weight is 297 g/mol. The smallest absolute Gasteiger partial charge is 0.198 e. The number of rotatable bonds is 2. The molecule has 22 heavy (non-hydrogen) atoms. The van der Waals surface area contributed by atoms with Gasteiger partial charge in [-0.1, -0.05) is 17.7 Å². The number of carbonyl (C=O) groups excluding carboxylic acids is 2. The van der Waals surface area contributed by atoms with E-state index in [-0.39, 0.29) is 34.1 Å². The molecule has 5 nitrogen and oxygen atoms in total. The van der Waals surface area contributed by atoms with Gasteiger partial charge in [0.1, 0.15) is 11.4 Å². The number of nitrogen functional groups attached to an aromatic ring is 1. The van der Waals surface area contributed by atoms with E-state index in [4.69, 9.17) is 15.2 Å². The highest BCUT2D eigenvalue weighted by molar-refractivity contribution is 6.30. The molecule has 1 aliphatic carbocycles. The molecule has 0 saturated heterocycles. The molecule has 0 bridgehead atoms. The van der Waals surface area contributed by atoms with Gasteiger partial charge < -0.3 is 15.2 Å². The van der Waals surface area contributed by atoms with Crippen LogP contribution >= 0.6 is 0 Å². The lowest BCUT2D eigenvalue weighted by molar-refractivity contribution is 0.0976. The molecule has 0 radical (unpaired) electrons. The van der Waals surface area contributed by atoms with Crippen molar-refractivity contribution in [2.24, 2.45) is 0 Å². The number of ketones is 2. The minimum absolute atomic E-state index is 0.180. The lowest BCUT2D eigenvalue weighted by atomic mass is 9.82. The normalized spacial score (nSPS) is 12.7. The third-order valence-corrected chi connectivity index (χ3v) is 3.84. The molecule has 2 aromatic carbocycles. The molecule has 0 heterocycles. The van der Waals surface area contributed by atoms with Gasteiger partial charge in [-0.3, -0.25) is 9.59 Å². The molecule has 0 saturated carbocycles. The minimum atomic E-state index is -0.268. The van der Waals surface area contributed by atoms with Gasteiger partial charge in [0.15, 0.2) is 17.3 Å². The first-order valence-electron chi connectivity index (χ1n) is 6.74. The summed E-state index contributed by atoms with van der Waals surface area (Å²) in [5.41, 5.74) is 8.30. The zero-order chi connectivity index (χ0) is 16.0. The number of aryl methyl sites for hydroxylation is 1. The van der Waals surface area contributed by atoms with Gasteiger partial charge in [-0.05, 0) is 19.1 Å². The van der Waals surface area contributed by atoms with Gasteiger partial charge in [0, 0.05) is 16.7 Å². The quantitative estimate of drug-likeness (QED) is 0.735. The van der Waals surface area contributed by atoms with E-state index in [0.29, 0.717) is 16.9 Å². The molecule has 2 N–H and O–H groups in total. The summed E-state index contributed by atoms with van der Waals surface area (Å²) in [6.45, 7) is 1.87. The van der Waals surface area contributed by atoms with Crippen LogP contribution in [-0.2, 0) is 0 Å². The van der Waals surface area contributed by atoms with E-state index >= 15 is 0 Å². The van der Waals surface area contributed by atoms with Gasteiger partial charge in [-0.2, -0.15) is 0 Å². The lowest BCUT2D eigenvalue weighted by Gasteiger charge is -2.22. The summed E-state index contributed by atoms with van der Waals surface area (Å²) in [7, 11) is 2.86. The highest BCUT2D eigenvalue weighted by Gasteiger charge is 2.34. The number of methoxy groups -OCH3 is 2. The number of carbonyl (C=O) groups is 2. The van der Waals surface area contributed by atoms with E-state index in [2.05, 4.69) is 0 Å². The molecular weight excluding hydrogens is 282 g/mol. The predicted octanol–water partition coefficient (Wildman–Crippen LogP) is 2.37. The van der Waals surface area contributed by atoms with Crippen molar-refractivity contribution < 1.29 is 19.1 Å². The van der Waals surface area contributed by atoms with E-state index in [1.165, 1.54) is 20.3 Å². The molecule has 5 heteroatoms. The Balaban J connectivity index is 2.36. The van der Waals surface area contributed by atoms with Crippen LogP contribution in [0.5, 0.6) is 11.5 Å². The molecule has 0 unspecified atom stereocenters. The van der Waals surface area contributed by atoms with E-state index in [9.17, 15) is 9.59 Å². The highest BCUT2D eigenvalue weighted by atomic mass is 16.5. The fourth-order valence-corrected chi connectivity index (χ4v) is 2.76. The molecule has 0 atom stereocenters. The van der Waals surface area contributed by atoms with Crippen molar-refractivity contribution in [1.29, 1.82) is 0 Å². The number of fused-ring (bicyclic) bond motifs is 2. The summed E-state index contributed by atoms with van der Waals surface area (Å²) < 4.78 is 10.4. The van der Waals surface area contributed by atoms with Crippen LogP contribution in [0.1, 0.15) is 37.4 Å². The maximum atomic E-state index is 12.8. The number of ether oxygens (including phenoxy) is 2. The fourth-order valence-electron chi connectivity index (χ4n) is 2.76. The Morgan fingerprint density at radius 1 is 0.909 bits per heavy atom. The highest BCUT2D eigenvalue weighted by Crippen LogP contribution is 2.42. The van der Waals surface area contributed by atoms with Crippen LogP contribution in [0.4, 0.5) is 5.69 Å². The standard InChI is InChI=1S/C17H15NO4/c1-8-4-5-9-10(6-8)15(19)11-7-12(21-2)14(18)17(22-3)13(11)16(9)20/h4-7H,18H2,1-3H3. The zero-order valence-electron chi connectivity index (χ0n) is 12.5. The van der Waals surface area contributed by atoms with Crippen LogP contribution in [0.15, 0.2) is 24.3 Å². The molecule has 2 aromatic rings. The Morgan fingerprint density at radius 2 is 1.64 bits per heavy atom. The summed E-state index contributed by atoms with van der Waals surface area (Å²) in [6, 6.07) is 6.68. The van der Waals surface area contributed by atoms with Gasteiger partial charge in [0.2, 0.25) is 0 Å². The van der Waals surface area contributed by atoms with Crippen LogP contribution in [0.2, 0.25) is 0 Å². The third kappa shape index (κ3) is 1.79. The number of nitrogens with two attached hydrogens (primary N) is 1. The summed E-state index contributed by atoms with van der Waals surface area (Å²) in [5, 5.41) is 0. The number of hydrogen-bond donors (Lipinski definition) is 1. The number of benzene rings is 2. The Morgan fingerprint density at radius 3 is 2.27 bits per heavy atom. The van der Waals surface area contributed by atoms with E-state index in [1.807, 2.05) is 6.92 Å². The third-order valence-electron chi connectivity index (χ3n) is 3.84. The molecule has 0 amide bonds. The molecule has 0 aromatic heterocycles. The topological polar surface area (TPSA) is 78.6 Å². The lowest BCUT2D eigenvalue weighted by Crippen LogP contribution is -2.22. The summed E-state index contributed by atoms with van der Waals surface area (Å²) in [5.74, 6) is -0.00696. The van der Waals surface area contributed by atoms with Crippen molar-refractivity contribution in [3.05, 3.63) is 52.1 Å². The molecule has 0 aliphatic heterocycles. The monoisotopic (exact) mass is 297 g/mol. The van der Waals surface area contributed by atoms with Crippen molar-refractivity contribution >= 4 is 17.3 Å². The Hall–Kier alpha value is -2.82. The van der Waals surface area contributed by atoms with Crippen LogP contribution in [0.3, 0.4) is 0 Å². The van der Waals surface area contributed by atoms with Crippen LogP contribution in [0.25, 0.3) is 0 Å². The van der Waals surface area contributed by atoms with Crippen molar-refractivity contribution in [3.63, 3.8) is 0 Å². The van der Waals surface area contributed by atoms with Crippen LogP contribution in [-0.4, -0.2) is 25.8 Å². The molecule has 0 spiro atoms. The van der Waals surface area contributed by atoms with Crippen molar-refractivity contribution in [2.75, 3.05) is 20.0 Å². The second kappa shape index (κ2) is 4.87. The zero-order valence-corrected chi connectivity index (χ0v) is 12.5. The fraction of sp³-hybridized carbons (Fsp3) is 0.176. The molecule has 0 fully saturated rings. The van der Waals surface area contributed by atoms with Crippen molar-refractivity contribution in [1.82, 2.24) is 0 Å². The van der Waals surface area contributed by atoms with E-state index in [1.54, 1.807) is 18.2 Å². The SMILES string of the molecule is COc1cc2c(c(OC)c1N)C(=O)c1ccc(C)cc1C2=O. The Labute approximate surface area is 127 Å². The molecule has 3 rings (SSSR count). The summed E-state index contributed by atoms with van der Waals surface area (Å²) in [4.78, 5) is 25.5. The maximum absolute atomic E-state index is 12.8. The van der Waals surface area contributed by atoms with Gasteiger partial charge >= 0.3 is 0 Å². The van der Waals surface area contributed by atoms with Gasteiger partial charge in [-0.25, -0.2) is 0 Å². The largest absolute Gasteiger partial charge is 0.494 e. The molecule has 1 aliphatic rings. The number of anilines is 1. The van der Waals surface area contributed by atoms with Gasteiger partial charge in [0.25, 0.3) is 0 Å². The van der Waals surface area contributed by atoms with Crippen molar-refractivity contribution in [3.8, 4) is 11.5 Å². The van der Waals surface area contributed by atoms with Crippen LogP contribution < -0.4 is 15.2 Å². The summed E-state index contributed by atoms with van der Waals surface area (Å²) in [6.07, 6.45) is 0. The maximum Gasteiger partial charge on any atom is 0.198 e. The first-order valence-corrected chi connectivity index (χ1v) is 6.74. The molecule has 112 valence electrons.